The van der Waals surface area contributed by atoms with Crippen molar-refractivity contribution in [3.05, 3.63) is 53.3 Å². The lowest BCUT2D eigenvalue weighted by atomic mass is 9.75. The van der Waals surface area contributed by atoms with Gasteiger partial charge in [-0.25, -0.2) is 9.97 Å². The van der Waals surface area contributed by atoms with Gasteiger partial charge in [0.2, 0.25) is 5.95 Å². The van der Waals surface area contributed by atoms with Gasteiger partial charge in [-0.05, 0) is 44.3 Å². The van der Waals surface area contributed by atoms with Crippen LogP contribution in [0.1, 0.15) is 40.4 Å². The van der Waals surface area contributed by atoms with Crippen LogP contribution in [0.5, 0.6) is 0 Å². The van der Waals surface area contributed by atoms with Crippen molar-refractivity contribution in [2.75, 3.05) is 25.4 Å². The summed E-state index contributed by atoms with van der Waals surface area (Å²) in [4.78, 5) is 26.5. The molecule has 5 heterocycles. The average molecular weight is 363 g/mol. The molecule has 0 aliphatic carbocycles. The van der Waals surface area contributed by atoms with Crippen molar-refractivity contribution < 1.29 is 4.79 Å². The molecule has 4 fully saturated rings. The first kappa shape index (κ1) is 16.7. The van der Waals surface area contributed by atoms with E-state index in [9.17, 15) is 4.79 Å². The Kier molecular flexibility index (Phi) is 3.90. The van der Waals surface area contributed by atoms with Crippen molar-refractivity contribution in [2.45, 2.75) is 37.8 Å². The predicted octanol–water partition coefficient (Wildman–Crippen LogP) is 2.07. The molecule has 0 saturated carbocycles. The Morgan fingerprint density at radius 1 is 1.15 bits per heavy atom. The Hall–Kier alpha value is -2.47. The summed E-state index contributed by atoms with van der Waals surface area (Å²) < 4.78 is 0. The van der Waals surface area contributed by atoms with Gasteiger partial charge in [0.15, 0.2) is 0 Å². The standard InChI is InChI=1S/C21H25N5O/c1-13-16(11-23-21(22)24-13)20(27)26-12-17(14-5-3-2-4-6-14)19-18(26)15-7-9-25(19)10-8-15/h2-6,11,15,17-19H,7-10,12H2,1H3,(H2,22,23,24)/t17-,18+,19+/m0/s1. The van der Waals surface area contributed by atoms with Crippen LogP contribution in [0, 0.1) is 12.8 Å². The van der Waals surface area contributed by atoms with E-state index >= 15 is 0 Å². The molecule has 6 nitrogen and oxygen atoms in total. The highest BCUT2D eigenvalue weighted by Crippen LogP contribution is 2.46. The Morgan fingerprint density at radius 2 is 1.89 bits per heavy atom. The fourth-order valence-corrected chi connectivity index (χ4v) is 5.50. The van der Waals surface area contributed by atoms with Gasteiger partial charge in [-0.2, -0.15) is 0 Å². The molecule has 4 aliphatic rings. The summed E-state index contributed by atoms with van der Waals surface area (Å²) >= 11 is 0. The van der Waals surface area contributed by atoms with Crippen LogP contribution in [-0.4, -0.2) is 57.4 Å². The van der Waals surface area contributed by atoms with Crippen LogP contribution in [0.3, 0.4) is 0 Å². The predicted molar refractivity (Wildman–Crippen MR) is 103 cm³/mol. The number of hydrogen-bond donors (Lipinski definition) is 1. The largest absolute Gasteiger partial charge is 0.368 e. The molecule has 1 amide bonds. The zero-order chi connectivity index (χ0) is 18.5. The molecule has 4 aliphatic heterocycles. The van der Waals surface area contributed by atoms with E-state index in [2.05, 4.69) is 50.1 Å². The van der Waals surface area contributed by atoms with E-state index in [0.29, 0.717) is 29.1 Å². The minimum atomic E-state index is 0.0506. The fourth-order valence-electron chi connectivity index (χ4n) is 5.50. The normalized spacial score (nSPS) is 31.7. The molecule has 2 bridgehead atoms. The SMILES string of the molecule is Cc1nc(N)ncc1C(=O)N1C[C@@H](c2ccccc2)[C@@H]2[C@H]1C1CCN2CC1. The second-order valence-corrected chi connectivity index (χ2v) is 8.06. The number of anilines is 1. The lowest BCUT2D eigenvalue weighted by molar-refractivity contribution is -0.00345. The van der Waals surface area contributed by atoms with Gasteiger partial charge in [0.1, 0.15) is 0 Å². The number of nitrogens with two attached hydrogens (primary N) is 1. The first-order chi connectivity index (χ1) is 13.1. The maximum absolute atomic E-state index is 13.5. The van der Waals surface area contributed by atoms with E-state index in [1.165, 1.54) is 18.4 Å². The topological polar surface area (TPSA) is 75.3 Å². The van der Waals surface area contributed by atoms with E-state index in [4.69, 9.17) is 5.73 Å². The van der Waals surface area contributed by atoms with Crippen LogP contribution in [-0.2, 0) is 0 Å². The van der Waals surface area contributed by atoms with Crippen LogP contribution < -0.4 is 5.73 Å². The molecule has 6 rings (SSSR count). The molecule has 1 aromatic carbocycles. The van der Waals surface area contributed by atoms with Crippen molar-refractivity contribution >= 4 is 11.9 Å². The Balaban J connectivity index is 1.53. The van der Waals surface area contributed by atoms with E-state index in [1.807, 2.05) is 6.92 Å². The number of rotatable bonds is 2. The van der Waals surface area contributed by atoms with Crippen molar-refractivity contribution in [1.82, 2.24) is 19.8 Å². The summed E-state index contributed by atoms with van der Waals surface area (Å²) in [6.07, 6.45) is 3.96. The number of aromatic nitrogens is 2. The zero-order valence-electron chi connectivity index (χ0n) is 15.6. The summed E-state index contributed by atoms with van der Waals surface area (Å²) in [5.74, 6) is 1.22. The number of nitrogen functional groups attached to an aromatic ring is 1. The second-order valence-electron chi connectivity index (χ2n) is 8.06. The van der Waals surface area contributed by atoms with Crippen LogP contribution in [0.25, 0.3) is 0 Å². The van der Waals surface area contributed by atoms with Crippen molar-refractivity contribution in [3.8, 4) is 0 Å². The lowest BCUT2D eigenvalue weighted by Gasteiger charge is -2.51. The summed E-state index contributed by atoms with van der Waals surface area (Å²) in [5, 5.41) is 0. The number of piperidine rings is 3. The molecule has 0 unspecified atom stereocenters. The monoisotopic (exact) mass is 363 g/mol. The summed E-state index contributed by atoms with van der Waals surface area (Å²) in [7, 11) is 0. The molecule has 2 N–H and O–H groups in total. The van der Waals surface area contributed by atoms with E-state index < -0.39 is 0 Å². The minimum Gasteiger partial charge on any atom is -0.368 e. The Bertz CT molecular complexity index is 862. The molecule has 4 saturated heterocycles. The van der Waals surface area contributed by atoms with E-state index in [1.54, 1.807) is 6.20 Å². The number of carbonyl (C=O) groups excluding carboxylic acids is 1. The first-order valence-corrected chi connectivity index (χ1v) is 9.82. The number of benzene rings is 1. The van der Waals surface area contributed by atoms with Gasteiger partial charge in [-0.1, -0.05) is 30.3 Å². The Labute approximate surface area is 159 Å². The van der Waals surface area contributed by atoms with Gasteiger partial charge < -0.3 is 10.6 Å². The number of nitrogens with zero attached hydrogens (tertiary/aromatic N) is 4. The van der Waals surface area contributed by atoms with Crippen molar-refractivity contribution in [2.24, 2.45) is 5.92 Å². The molecule has 140 valence electrons. The van der Waals surface area contributed by atoms with Gasteiger partial charge in [0.25, 0.3) is 5.91 Å². The van der Waals surface area contributed by atoms with E-state index in [-0.39, 0.29) is 17.9 Å². The number of carbonyl (C=O) groups is 1. The average Bonchev–Trinajstić information content (AvgIpc) is 3.12. The van der Waals surface area contributed by atoms with Crippen LogP contribution in [0.2, 0.25) is 0 Å². The van der Waals surface area contributed by atoms with Crippen LogP contribution >= 0.6 is 0 Å². The van der Waals surface area contributed by atoms with E-state index in [0.717, 1.165) is 19.6 Å². The molecule has 27 heavy (non-hydrogen) atoms. The van der Waals surface area contributed by atoms with Crippen LogP contribution in [0.15, 0.2) is 36.5 Å². The number of likely N-dealkylation sites (tertiary alicyclic amines) is 1. The van der Waals surface area contributed by atoms with Crippen LogP contribution in [0.4, 0.5) is 5.95 Å². The fraction of sp³-hybridized carbons (Fsp3) is 0.476. The number of aryl methyl sites for hydroxylation is 1. The van der Waals surface area contributed by atoms with Crippen molar-refractivity contribution in [3.63, 3.8) is 0 Å². The van der Waals surface area contributed by atoms with Gasteiger partial charge in [0.05, 0.1) is 17.3 Å². The zero-order valence-corrected chi connectivity index (χ0v) is 15.6. The highest BCUT2D eigenvalue weighted by molar-refractivity contribution is 5.95. The minimum absolute atomic E-state index is 0.0506. The number of amides is 1. The highest BCUT2D eigenvalue weighted by atomic mass is 16.2. The lowest BCUT2D eigenvalue weighted by Crippen LogP contribution is -2.60. The smallest absolute Gasteiger partial charge is 0.257 e. The molecular weight excluding hydrogens is 338 g/mol. The highest BCUT2D eigenvalue weighted by Gasteiger charge is 2.54. The number of fused-ring (bicyclic) bond motifs is 2. The number of hydrogen-bond acceptors (Lipinski definition) is 5. The third kappa shape index (κ3) is 2.62. The van der Waals surface area contributed by atoms with Gasteiger partial charge >= 0.3 is 0 Å². The maximum Gasteiger partial charge on any atom is 0.257 e. The Morgan fingerprint density at radius 3 is 2.59 bits per heavy atom. The molecule has 1 aromatic heterocycles. The molecule has 6 heteroatoms. The molecule has 0 radical (unpaired) electrons. The second kappa shape index (κ2) is 6.30. The van der Waals surface area contributed by atoms with Crippen molar-refractivity contribution in [1.29, 1.82) is 0 Å². The summed E-state index contributed by atoms with van der Waals surface area (Å²) in [6.45, 7) is 4.90. The molecule has 3 atom stereocenters. The first-order valence-electron chi connectivity index (χ1n) is 9.82. The molecule has 0 spiro atoms. The van der Waals surface area contributed by atoms with Gasteiger partial charge in [-0.3, -0.25) is 9.69 Å². The molecule has 2 aromatic rings. The summed E-state index contributed by atoms with van der Waals surface area (Å²) in [5.41, 5.74) is 8.25. The molecular formula is C21H25N5O. The van der Waals surface area contributed by atoms with Gasteiger partial charge in [0, 0.05) is 24.7 Å². The van der Waals surface area contributed by atoms with Gasteiger partial charge in [-0.15, -0.1) is 0 Å². The maximum atomic E-state index is 13.5. The quantitative estimate of drug-likeness (QED) is 0.884. The third-order valence-corrected chi connectivity index (χ3v) is 6.71. The summed E-state index contributed by atoms with van der Waals surface area (Å²) in [6, 6.07) is 11.4. The third-order valence-electron chi connectivity index (χ3n) is 6.71.